The van der Waals surface area contributed by atoms with Crippen LogP contribution in [-0.4, -0.2) is 44.3 Å². The molecule has 2 rings (SSSR count). The van der Waals surface area contributed by atoms with Crippen LogP contribution in [0.2, 0.25) is 0 Å². The standard InChI is InChI=1S/C16H10O8S2/c17-13(18)7-1-4-12(11(5-7)16(23)24)26-25-8-2-3-9(14(19)20)10(6-8)15(21)22/h1-6H,(H,17,18)(H,19,20)(H,21,22)(H,23,24). The Morgan fingerprint density at radius 3 is 1.77 bits per heavy atom. The Hall–Kier alpha value is -2.98. The number of aromatic carboxylic acids is 4. The van der Waals surface area contributed by atoms with Crippen molar-refractivity contribution in [3.05, 3.63) is 58.7 Å². The van der Waals surface area contributed by atoms with Crippen molar-refractivity contribution in [2.45, 2.75) is 9.79 Å². The summed E-state index contributed by atoms with van der Waals surface area (Å²) in [6, 6.07) is 7.36. The van der Waals surface area contributed by atoms with Crippen molar-refractivity contribution in [2.24, 2.45) is 0 Å². The molecule has 10 heteroatoms. The Labute approximate surface area is 153 Å². The summed E-state index contributed by atoms with van der Waals surface area (Å²) in [5, 5.41) is 36.3. The molecule has 2 aromatic rings. The van der Waals surface area contributed by atoms with E-state index >= 15 is 0 Å². The van der Waals surface area contributed by atoms with Crippen LogP contribution in [0, 0.1) is 0 Å². The number of carboxylic acid groups (broad SMARTS) is 4. The third-order valence-electron chi connectivity index (χ3n) is 3.14. The zero-order valence-corrected chi connectivity index (χ0v) is 14.3. The maximum atomic E-state index is 11.3. The van der Waals surface area contributed by atoms with Gasteiger partial charge in [-0.05, 0) is 36.4 Å². The lowest BCUT2D eigenvalue weighted by atomic mass is 10.1. The molecule has 0 aliphatic heterocycles. The van der Waals surface area contributed by atoms with Gasteiger partial charge in [0.25, 0.3) is 0 Å². The van der Waals surface area contributed by atoms with Crippen molar-refractivity contribution in [1.82, 2.24) is 0 Å². The van der Waals surface area contributed by atoms with Crippen LogP contribution in [-0.2, 0) is 0 Å². The van der Waals surface area contributed by atoms with Gasteiger partial charge in [-0.2, -0.15) is 0 Å². The Kier molecular flexibility index (Phi) is 5.90. The monoisotopic (exact) mass is 394 g/mol. The van der Waals surface area contributed by atoms with Gasteiger partial charge in [0.15, 0.2) is 0 Å². The first-order chi connectivity index (χ1) is 12.2. The Balaban J connectivity index is 2.30. The van der Waals surface area contributed by atoms with Crippen LogP contribution in [0.5, 0.6) is 0 Å². The van der Waals surface area contributed by atoms with E-state index in [0.717, 1.165) is 33.7 Å². The van der Waals surface area contributed by atoms with Crippen LogP contribution in [0.4, 0.5) is 0 Å². The van der Waals surface area contributed by atoms with E-state index in [-0.39, 0.29) is 27.1 Å². The Bertz CT molecular complexity index is 922. The third-order valence-corrected chi connectivity index (χ3v) is 5.57. The highest BCUT2D eigenvalue weighted by Gasteiger charge is 2.18. The average Bonchev–Trinajstić information content (AvgIpc) is 2.59. The van der Waals surface area contributed by atoms with Crippen LogP contribution in [0.3, 0.4) is 0 Å². The summed E-state index contributed by atoms with van der Waals surface area (Å²) in [7, 11) is 2.01. The van der Waals surface area contributed by atoms with E-state index in [1.807, 2.05) is 0 Å². The molecule has 26 heavy (non-hydrogen) atoms. The fourth-order valence-electron chi connectivity index (χ4n) is 1.93. The van der Waals surface area contributed by atoms with Crippen molar-refractivity contribution >= 4 is 45.5 Å². The Morgan fingerprint density at radius 1 is 0.615 bits per heavy atom. The molecule has 0 heterocycles. The van der Waals surface area contributed by atoms with Crippen LogP contribution in [0.1, 0.15) is 41.4 Å². The molecule has 134 valence electrons. The smallest absolute Gasteiger partial charge is 0.336 e. The summed E-state index contributed by atoms with van der Waals surface area (Å²) in [6.45, 7) is 0. The number of hydrogen-bond acceptors (Lipinski definition) is 6. The molecule has 4 N–H and O–H groups in total. The van der Waals surface area contributed by atoms with E-state index in [0.29, 0.717) is 4.90 Å². The lowest BCUT2D eigenvalue weighted by molar-refractivity contribution is 0.0651. The molecule has 0 amide bonds. The lowest BCUT2D eigenvalue weighted by Crippen LogP contribution is -2.07. The quantitative estimate of drug-likeness (QED) is 0.515. The first kappa shape index (κ1) is 19.3. The van der Waals surface area contributed by atoms with Crippen molar-refractivity contribution in [3.63, 3.8) is 0 Å². The summed E-state index contributed by atoms with van der Waals surface area (Å²) in [5.41, 5.74) is -1.12. The van der Waals surface area contributed by atoms with Crippen molar-refractivity contribution in [1.29, 1.82) is 0 Å². The molecule has 0 atom stereocenters. The van der Waals surface area contributed by atoms with Crippen LogP contribution >= 0.6 is 21.6 Å². The normalized spacial score (nSPS) is 10.3. The minimum Gasteiger partial charge on any atom is -0.478 e. The molecule has 8 nitrogen and oxygen atoms in total. The van der Waals surface area contributed by atoms with E-state index in [2.05, 4.69) is 0 Å². The maximum Gasteiger partial charge on any atom is 0.336 e. The maximum absolute atomic E-state index is 11.3. The van der Waals surface area contributed by atoms with E-state index in [9.17, 15) is 24.3 Å². The number of carboxylic acids is 4. The van der Waals surface area contributed by atoms with E-state index in [1.54, 1.807) is 0 Å². The van der Waals surface area contributed by atoms with Crippen LogP contribution in [0.25, 0.3) is 0 Å². The van der Waals surface area contributed by atoms with E-state index in [1.165, 1.54) is 24.3 Å². The van der Waals surface area contributed by atoms with Crippen LogP contribution < -0.4 is 0 Å². The second-order valence-electron chi connectivity index (χ2n) is 4.81. The molecule has 0 radical (unpaired) electrons. The summed E-state index contributed by atoms with van der Waals surface area (Å²) < 4.78 is 0. The van der Waals surface area contributed by atoms with Gasteiger partial charge in [-0.3, -0.25) is 0 Å². The summed E-state index contributed by atoms with van der Waals surface area (Å²) >= 11 is 0. The zero-order chi connectivity index (χ0) is 19.4. The van der Waals surface area contributed by atoms with Crippen molar-refractivity contribution in [3.8, 4) is 0 Å². The van der Waals surface area contributed by atoms with Gasteiger partial charge in [0.05, 0.1) is 22.3 Å². The van der Waals surface area contributed by atoms with E-state index in [4.69, 9.17) is 15.3 Å². The molecule has 0 aliphatic carbocycles. The highest BCUT2D eigenvalue weighted by molar-refractivity contribution is 8.76. The molecule has 0 saturated carbocycles. The molecule has 0 spiro atoms. The second-order valence-corrected chi connectivity index (χ2v) is 7.05. The van der Waals surface area contributed by atoms with Crippen molar-refractivity contribution < 1.29 is 39.6 Å². The SMILES string of the molecule is O=C(O)c1ccc(SSc2ccc(C(=O)O)c(C(=O)O)c2)c(C(=O)O)c1. The highest BCUT2D eigenvalue weighted by atomic mass is 33.1. The first-order valence-corrected chi connectivity index (χ1v) is 8.91. The zero-order valence-electron chi connectivity index (χ0n) is 12.7. The van der Waals surface area contributed by atoms with Gasteiger partial charge in [-0.1, -0.05) is 21.6 Å². The number of benzene rings is 2. The van der Waals surface area contributed by atoms with Gasteiger partial charge in [0, 0.05) is 9.79 Å². The number of hydrogen-bond donors (Lipinski definition) is 4. The second kappa shape index (κ2) is 7.93. The average molecular weight is 394 g/mol. The molecule has 0 aromatic heterocycles. The van der Waals surface area contributed by atoms with Gasteiger partial charge in [-0.15, -0.1) is 0 Å². The minimum absolute atomic E-state index is 0.171. The topological polar surface area (TPSA) is 149 Å². The fourth-order valence-corrected chi connectivity index (χ4v) is 4.07. The highest BCUT2D eigenvalue weighted by Crippen LogP contribution is 2.40. The predicted octanol–water partition coefficient (Wildman–Crippen LogP) is 3.28. The predicted molar refractivity (Wildman–Crippen MR) is 92.4 cm³/mol. The molecular formula is C16H10O8S2. The van der Waals surface area contributed by atoms with Gasteiger partial charge in [-0.25, -0.2) is 19.2 Å². The number of carbonyl (C=O) groups is 4. The van der Waals surface area contributed by atoms with Gasteiger partial charge >= 0.3 is 23.9 Å². The molecule has 0 unspecified atom stereocenters. The van der Waals surface area contributed by atoms with Gasteiger partial charge < -0.3 is 20.4 Å². The number of rotatable bonds is 7. The molecular weight excluding hydrogens is 384 g/mol. The Morgan fingerprint density at radius 2 is 1.23 bits per heavy atom. The summed E-state index contributed by atoms with van der Waals surface area (Å²) in [4.78, 5) is 45.1. The summed E-state index contributed by atoms with van der Waals surface area (Å²) in [5.74, 6) is -5.33. The van der Waals surface area contributed by atoms with E-state index < -0.39 is 23.9 Å². The molecule has 0 aliphatic rings. The van der Waals surface area contributed by atoms with Crippen molar-refractivity contribution in [2.75, 3.05) is 0 Å². The molecule has 0 saturated heterocycles. The molecule has 2 aromatic carbocycles. The molecule has 0 bridgehead atoms. The summed E-state index contributed by atoms with van der Waals surface area (Å²) in [6.07, 6.45) is 0. The third kappa shape index (κ3) is 4.35. The molecule has 0 fully saturated rings. The van der Waals surface area contributed by atoms with Gasteiger partial charge in [0.2, 0.25) is 0 Å². The fraction of sp³-hybridized carbons (Fsp3) is 0. The minimum atomic E-state index is -1.40. The lowest BCUT2D eigenvalue weighted by Gasteiger charge is -2.08. The largest absolute Gasteiger partial charge is 0.478 e. The van der Waals surface area contributed by atoms with Gasteiger partial charge in [0.1, 0.15) is 0 Å². The first-order valence-electron chi connectivity index (χ1n) is 6.76. The van der Waals surface area contributed by atoms with Crippen LogP contribution in [0.15, 0.2) is 46.2 Å².